The lowest BCUT2D eigenvalue weighted by Gasteiger charge is -2.04. The van der Waals surface area contributed by atoms with Crippen LogP contribution in [0.2, 0.25) is 0 Å². The number of nitrogen functional groups attached to an aromatic ring is 1. The molecule has 0 amide bonds. The number of hydrogen-bond donors (Lipinski definition) is 1. The van der Waals surface area contributed by atoms with E-state index in [1.54, 1.807) is 12.1 Å². The number of aromatic nitrogens is 1. The van der Waals surface area contributed by atoms with Crippen molar-refractivity contribution in [2.24, 2.45) is 0 Å². The molecule has 0 saturated heterocycles. The minimum absolute atomic E-state index is 0.160. The van der Waals surface area contributed by atoms with Crippen molar-refractivity contribution >= 4 is 27.6 Å². The Labute approximate surface area is 90.6 Å². The minimum atomic E-state index is -0.481. The summed E-state index contributed by atoms with van der Waals surface area (Å²) in [6, 6.07) is 3.28. The summed E-state index contributed by atoms with van der Waals surface area (Å²) in [5, 5.41) is 0. The molecule has 0 spiro atoms. The maximum Gasteiger partial charge on any atom is 0.359 e. The molecule has 0 atom stereocenters. The fraction of sp³-hybridized carbons (Fsp3) is 0.333. The number of carbonyl (C=O) groups is 1. The third kappa shape index (κ3) is 2.70. The van der Waals surface area contributed by atoms with Gasteiger partial charge in [-0.25, -0.2) is 9.78 Å². The molecule has 2 N–H and O–H groups in total. The van der Waals surface area contributed by atoms with Gasteiger partial charge in [-0.3, -0.25) is 0 Å². The third-order valence-electron chi connectivity index (χ3n) is 1.52. The summed E-state index contributed by atoms with van der Waals surface area (Å²) in [5.41, 5.74) is 6.07. The molecule has 4 nitrogen and oxygen atoms in total. The number of carbonyl (C=O) groups excluding carboxylic acids is 1. The number of halogens is 1. The van der Waals surface area contributed by atoms with Crippen molar-refractivity contribution in [3.05, 3.63) is 22.4 Å². The number of nitrogens with two attached hydrogens (primary N) is 1. The molecule has 0 aliphatic rings. The van der Waals surface area contributed by atoms with Gasteiger partial charge in [-0.15, -0.1) is 0 Å². The summed E-state index contributed by atoms with van der Waals surface area (Å²) in [6.45, 7) is 2.30. The van der Waals surface area contributed by atoms with Gasteiger partial charge in [0.2, 0.25) is 0 Å². The lowest BCUT2D eigenvalue weighted by Crippen LogP contribution is -2.11. The highest BCUT2D eigenvalue weighted by atomic mass is 79.9. The number of hydrogen-bond acceptors (Lipinski definition) is 4. The van der Waals surface area contributed by atoms with E-state index in [1.807, 2.05) is 6.92 Å². The van der Waals surface area contributed by atoms with Gasteiger partial charge < -0.3 is 10.5 Å². The van der Waals surface area contributed by atoms with Crippen LogP contribution in [0.3, 0.4) is 0 Å². The van der Waals surface area contributed by atoms with Crippen LogP contribution in [0.4, 0.5) is 5.69 Å². The first kappa shape index (κ1) is 11.0. The number of esters is 1. The molecule has 1 aromatic heterocycles. The van der Waals surface area contributed by atoms with Gasteiger partial charge in [0.25, 0.3) is 0 Å². The Bertz CT molecular complexity index is 342. The standard InChI is InChI=1S/C9H11BrN2O2/c1-2-5-14-9(13)8-6(11)3-4-7(10)12-8/h3-4H,2,5,11H2,1H3. The summed E-state index contributed by atoms with van der Waals surface area (Å²) < 4.78 is 5.48. The van der Waals surface area contributed by atoms with Gasteiger partial charge in [0.05, 0.1) is 12.3 Å². The van der Waals surface area contributed by atoms with E-state index in [0.717, 1.165) is 6.42 Å². The summed E-state index contributed by atoms with van der Waals surface area (Å²) >= 11 is 3.16. The molecule has 1 rings (SSSR count). The van der Waals surface area contributed by atoms with Crippen LogP contribution in [0.5, 0.6) is 0 Å². The number of rotatable bonds is 3. The molecule has 0 radical (unpaired) electrons. The second-order valence-electron chi connectivity index (χ2n) is 2.71. The van der Waals surface area contributed by atoms with E-state index in [-0.39, 0.29) is 5.69 Å². The zero-order chi connectivity index (χ0) is 10.6. The van der Waals surface area contributed by atoms with Gasteiger partial charge in [0.15, 0.2) is 5.69 Å². The van der Waals surface area contributed by atoms with E-state index in [1.165, 1.54) is 0 Å². The molecular weight excluding hydrogens is 248 g/mol. The van der Waals surface area contributed by atoms with Gasteiger partial charge in [0.1, 0.15) is 4.60 Å². The molecule has 1 heterocycles. The van der Waals surface area contributed by atoms with Crippen LogP contribution in [0.25, 0.3) is 0 Å². The molecule has 1 aromatic rings. The molecule has 0 aliphatic heterocycles. The van der Waals surface area contributed by atoms with Crippen LogP contribution >= 0.6 is 15.9 Å². The summed E-state index contributed by atoms with van der Waals surface area (Å²) in [5.74, 6) is -0.481. The Morgan fingerprint density at radius 2 is 2.36 bits per heavy atom. The zero-order valence-corrected chi connectivity index (χ0v) is 9.37. The number of nitrogens with zero attached hydrogens (tertiary/aromatic N) is 1. The average molecular weight is 259 g/mol. The van der Waals surface area contributed by atoms with Gasteiger partial charge in [-0.1, -0.05) is 6.92 Å². The van der Waals surface area contributed by atoms with E-state index in [9.17, 15) is 4.79 Å². The maximum absolute atomic E-state index is 11.4. The van der Waals surface area contributed by atoms with Crippen molar-refractivity contribution < 1.29 is 9.53 Å². The molecule has 0 unspecified atom stereocenters. The predicted octanol–water partition coefficient (Wildman–Crippen LogP) is 1.99. The highest BCUT2D eigenvalue weighted by molar-refractivity contribution is 9.10. The van der Waals surface area contributed by atoms with E-state index >= 15 is 0 Å². The van der Waals surface area contributed by atoms with Crippen LogP contribution < -0.4 is 5.73 Å². The maximum atomic E-state index is 11.4. The molecule has 0 bridgehead atoms. The predicted molar refractivity (Wildman–Crippen MR) is 56.9 cm³/mol. The van der Waals surface area contributed by atoms with Crippen LogP contribution in [-0.2, 0) is 4.74 Å². The summed E-state index contributed by atoms with van der Waals surface area (Å²) in [4.78, 5) is 15.3. The molecule has 0 saturated carbocycles. The number of anilines is 1. The first-order chi connectivity index (χ1) is 6.65. The zero-order valence-electron chi connectivity index (χ0n) is 7.79. The van der Waals surface area contributed by atoms with Crippen molar-refractivity contribution in [1.82, 2.24) is 4.98 Å². The Hall–Kier alpha value is -1.10. The largest absolute Gasteiger partial charge is 0.461 e. The molecule has 76 valence electrons. The first-order valence-electron chi connectivity index (χ1n) is 4.24. The molecule has 14 heavy (non-hydrogen) atoms. The van der Waals surface area contributed by atoms with E-state index < -0.39 is 5.97 Å². The average Bonchev–Trinajstić information content (AvgIpc) is 2.18. The highest BCUT2D eigenvalue weighted by Gasteiger charge is 2.12. The van der Waals surface area contributed by atoms with Crippen LogP contribution in [-0.4, -0.2) is 17.6 Å². The summed E-state index contributed by atoms with van der Waals surface area (Å²) in [7, 11) is 0. The van der Waals surface area contributed by atoms with Crippen molar-refractivity contribution in [2.45, 2.75) is 13.3 Å². The van der Waals surface area contributed by atoms with Crippen molar-refractivity contribution in [1.29, 1.82) is 0 Å². The smallest absolute Gasteiger partial charge is 0.359 e. The van der Waals surface area contributed by atoms with E-state index in [2.05, 4.69) is 20.9 Å². The lowest BCUT2D eigenvalue weighted by molar-refractivity contribution is 0.0499. The Balaban J connectivity index is 2.83. The molecule has 5 heteroatoms. The fourth-order valence-corrected chi connectivity index (χ4v) is 1.18. The SMILES string of the molecule is CCCOC(=O)c1nc(Br)ccc1N. The number of ether oxygens (including phenoxy) is 1. The van der Waals surface area contributed by atoms with Gasteiger partial charge >= 0.3 is 5.97 Å². The van der Waals surface area contributed by atoms with Gasteiger partial charge in [-0.05, 0) is 34.5 Å². The van der Waals surface area contributed by atoms with Gasteiger partial charge in [-0.2, -0.15) is 0 Å². The molecule has 0 fully saturated rings. The number of pyridine rings is 1. The van der Waals surface area contributed by atoms with Crippen molar-refractivity contribution in [3.63, 3.8) is 0 Å². The molecule has 0 aromatic carbocycles. The third-order valence-corrected chi connectivity index (χ3v) is 1.96. The monoisotopic (exact) mass is 258 g/mol. The topological polar surface area (TPSA) is 65.2 Å². The fourth-order valence-electron chi connectivity index (χ4n) is 0.873. The normalized spacial score (nSPS) is 9.86. The van der Waals surface area contributed by atoms with Crippen molar-refractivity contribution in [3.8, 4) is 0 Å². The quantitative estimate of drug-likeness (QED) is 0.666. The first-order valence-corrected chi connectivity index (χ1v) is 5.03. The van der Waals surface area contributed by atoms with Gasteiger partial charge in [0, 0.05) is 0 Å². The Morgan fingerprint density at radius 3 is 3.00 bits per heavy atom. The molecule has 0 aliphatic carbocycles. The Kier molecular flexibility index (Phi) is 3.88. The van der Waals surface area contributed by atoms with E-state index in [0.29, 0.717) is 16.9 Å². The van der Waals surface area contributed by atoms with Crippen molar-refractivity contribution in [2.75, 3.05) is 12.3 Å². The second kappa shape index (κ2) is 4.95. The lowest BCUT2D eigenvalue weighted by atomic mass is 10.3. The summed E-state index contributed by atoms with van der Waals surface area (Å²) in [6.07, 6.45) is 0.777. The minimum Gasteiger partial charge on any atom is -0.461 e. The van der Waals surface area contributed by atoms with E-state index in [4.69, 9.17) is 10.5 Å². The second-order valence-corrected chi connectivity index (χ2v) is 3.52. The molecular formula is C9H11BrN2O2. The highest BCUT2D eigenvalue weighted by Crippen LogP contribution is 2.14. The van der Waals surface area contributed by atoms with Crippen LogP contribution in [0, 0.1) is 0 Å². The van der Waals surface area contributed by atoms with Crippen LogP contribution in [0.1, 0.15) is 23.8 Å². The van der Waals surface area contributed by atoms with Crippen LogP contribution in [0.15, 0.2) is 16.7 Å². The Morgan fingerprint density at radius 1 is 1.64 bits per heavy atom.